The number of nitrogens with zero attached hydrogens (tertiary/aromatic N) is 4. The second-order valence-electron chi connectivity index (χ2n) is 6.57. The summed E-state index contributed by atoms with van der Waals surface area (Å²) in [7, 11) is 0. The van der Waals surface area contributed by atoms with Crippen LogP contribution in [0.1, 0.15) is 17.0 Å². The van der Waals surface area contributed by atoms with Gasteiger partial charge in [0, 0.05) is 23.5 Å². The van der Waals surface area contributed by atoms with Gasteiger partial charge in [0.05, 0.1) is 11.4 Å². The van der Waals surface area contributed by atoms with Crippen LogP contribution in [0, 0.1) is 13.8 Å². The van der Waals surface area contributed by atoms with Crippen molar-refractivity contribution in [1.29, 1.82) is 0 Å². The first-order valence-electron chi connectivity index (χ1n) is 9.08. The van der Waals surface area contributed by atoms with E-state index in [0.717, 1.165) is 17.0 Å². The van der Waals surface area contributed by atoms with E-state index in [1.165, 1.54) is 11.8 Å². The highest BCUT2D eigenvalue weighted by Gasteiger charge is 2.17. The lowest BCUT2D eigenvalue weighted by molar-refractivity contribution is -0.121. The van der Waals surface area contributed by atoms with Crippen LogP contribution in [0.25, 0.3) is 5.78 Å². The van der Waals surface area contributed by atoms with E-state index in [0.29, 0.717) is 21.7 Å². The molecule has 0 fully saturated rings. The quantitative estimate of drug-likeness (QED) is 0.488. The number of aliphatic hydroxyl groups is 1. The maximum absolute atomic E-state index is 12.4. The molecule has 0 saturated carbocycles. The van der Waals surface area contributed by atoms with E-state index in [9.17, 15) is 9.90 Å². The minimum atomic E-state index is -0.911. The zero-order valence-corrected chi connectivity index (χ0v) is 19.0. The Morgan fingerprint density at radius 3 is 2.83 bits per heavy atom. The molecule has 2 N–H and O–H groups in total. The number of ether oxygens (including phenoxy) is 1. The Balaban J connectivity index is 1.57. The second-order valence-corrected chi connectivity index (χ2v) is 8.13. The molecule has 3 rings (SSSR count). The van der Waals surface area contributed by atoms with Crippen LogP contribution in [0.2, 0.25) is 10.0 Å². The van der Waals surface area contributed by atoms with E-state index in [4.69, 9.17) is 27.9 Å². The van der Waals surface area contributed by atoms with Gasteiger partial charge in [-0.05, 0) is 32.2 Å². The number of carbonyl (C=O) groups is 1. The number of fused-ring (bicyclic) bond motifs is 1. The number of aliphatic hydroxyl groups excluding tert-OH is 1. The summed E-state index contributed by atoms with van der Waals surface area (Å²) in [5.41, 5.74) is 2.30. The molecule has 0 bridgehead atoms. The topological polar surface area (TPSA) is 102 Å². The number of carbonyl (C=O) groups excluding carboxylic acids is 1. The number of nitrogens with one attached hydrogen (secondary N) is 1. The molecule has 1 aromatic carbocycles. The molecule has 0 spiro atoms. The van der Waals surface area contributed by atoms with Gasteiger partial charge in [0.2, 0.25) is 11.1 Å². The van der Waals surface area contributed by atoms with Gasteiger partial charge in [-0.25, -0.2) is 9.50 Å². The largest absolute Gasteiger partial charge is 0.489 e. The Labute approximate surface area is 188 Å². The van der Waals surface area contributed by atoms with Gasteiger partial charge in [-0.15, -0.1) is 5.10 Å². The number of aryl methyl sites for hydroxylation is 2. The Kier molecular flexibility index (Phi) is 7.41. The smallest absolute Gasteiger partial charge is 0.253 e. The van der Waals surface area contributed by atoms with Crippen molar-refractivity contribution < 1.29 is 14.6 Å². The number of halogens is 2. The Morgan fingerprint density at radius 2 is 2.10 bits per heavy atom. The van der Waals surface area contributed by atoms with Crippen molar-refractivity contribution in [3.63, 3.8) is 0 Å². The van der Waals surface area contributed by atoms with E-state index >= 15 is 0 Å². The van der Waals surface area contributed by atoms with E-state index in [1.54, 1.807) is 22.7 Å². The Hall–Kier alpha value is -2.07. The molecule has 2 heterocycles. The van der Waals surface area contributed by atoms with E-state index in [1.807, 2.05) is 20.1 Å². The third kappa shape index (κ3) is 5.15. The normalized spacial score (nSPS) is 12.2. The fourth-order valence-electron chi connectivity index (χ4n) is 2.83. The summed E-state index contributed by atoms with van der Waals surface area (Å²) in [6.45, 7) is 3.70. The number of rotatable bonds is 8. The van der Waals surface area contributed by atoms with Crippen LogP contribution < -0.4 is 10.1 Å². The van der Waals surface area contributed by atoms with Gasteiger partial charge >= 0.3 is 0 Å². The number of hydrogen-bond donors (Lipinski definition) is 2. The van der Waals surface area contributed by atoms with Gasteiger partial charge in [-0.2, -0.15) is 4.98 Å². The van der Waals surface area contributed by atoms with Crippen molar-refractivity contribution in [1.82, 2.24) is 24.9 Å². The zero-order valence-electron chi connectivity index (χ0n) is 16.6. The van der Waals surface area contributed by atoms with Gasteiger partial charge in [0.1, 0.15) is 23.5 Å². The van der Waals surface area contributed by atoms with Crippen LogP contribution in [-0.2, 0) is 11.2 Å². The molecule has 0 aliphatic carbocycles. The summed E-state index contributed by atoms with van der Waals surface area (Å²) < 4.78 is 7.12. The lowest BCUT2D eigenvalue weighted by atomic mass is 10.1. The highest BCUT2D eigenvalue weighted by molar-refractivity contribution is 7.98. The molecule has 0 radical (unpaired) electrons. The van der Waals surface area contributed by atoms with Crippen LogP contribution in [0.5, 0.6) is 5.75 Å². The summed E-state index contributed by atoms with van der Waals surface area (Å²) in [5.74, 6) is 0.635. The van der Waals surface area contributed by atoms with Crippen molar-refractivity contribution in [3.05, 3.63) is 45.2 Å². The molecular weight excluding hydrogens is 449 g/mol. The molecule has 1 amide bonds. The molecular formula is C19H21Cl2N5O3S. The highest BCUT2D eigenvalue weighted by Crippen LogP contribution is 2.31. The maximum atomic E-state index is 12.4. The molecule has 1 unspecified atom stereocenters. The van der Waals surface area contributed by atoms with Crippen LogP contribution >= 0.6 is 35.0 Å². The van der Waals surface area contributed by atoms with Crippen LogP contribution in [0.4, 0.5) is 0 Å². The molecule has 0 saturated heterocycles. The third-order valence-corrected chi connectivity index (χ3v) is 5.77. The summed E-state index contributed by atoms with van der Waals surface area (Å²) >= 11 is 13.4. The average molecular weight is 470 g/mol. The molecule has 8 nitrogen and oxygen atoms in total. The molecule has 3 aromatic rings. The lowest BCUT2D eigenvalue weighted by Crippen LogP contribution is -2.36. The van der Waals surface area contributed by atoms with E-state index in [-0.39, 0.29) is 30.5 Å². The second kappa shape index (κ2) is 9.82. The minimum Gasteiger partial charge on any atom is -0.489 e. The predicted octanol–water partition coefficient (Wildman–Crippen LogP) is 2.87. The van der Waals surface area contributed by atoms with Crippen molar-refractivity contribution in [2.24, 2.45) is 0 Å². The number of benzene rings is 1. The summed E-state index contributed by atoms with van der Waals surface area (Å²) in [4.78, 5) is 21.2. The van der Waals surface area contributed by atoms with Gasteiger partial charge in [0.15, 0.2) is 0 Å². The standard InChI is InChI=1S/C19H21Cl2N5O3S/c1-10-13(11(2)26-18(23-10)24-19(25-26)30-3)7-16(28)22-8-12(27)9-29-15-6-4-5-14(20)17(15)21/h4-6,12,27H,7-9H2,1-3H3,(H,22,28). The van der Waals surface area contributed by atoms with Crippen molar-refractivity contribution in [2.75, 3.05) is 19.4 Å². The van der Waals surface area contributed by atoms with E-state index < -0.39 is 6.10 Å². The summed E-state index contributed by atoms with van der Waals surface area (Å²) in [6.07, 6.45) is 1.09. The first-order chi connectivity index (χ1) is 14.3. The summed E-state index contributed by atoms with van der Waals surface area (Å²) in [5, 5.41) is 18.5. The number of thioether (sulfide) groups is 1. The van der Waals surface area contributed by atoms with Crippen molar-refractivity contribution >= 4 is 46.6 Å². The van der Waals surface area contributed by atoms with Gasteiger partial charge < -0.3 is 15.2 Å². The van der Waals surface area contributed by atoms with Gasteiger partial charge in [-0.3, -0.25) is 4.79 Å². The molecule has 30 heavy (non-hydrogen) atoms. The molecule has 11 heteroatoms. The zero-order chi connectivity index (χ0) is 21.8. The molecule has 0 aliphatic rings. The molecule has 2 aromatic heterocycles. The molecule has 1 atom stereocenters. The molecule has 160 valence electrons. The highest BCUT2D eigenvalue weighted by atomic mass is 35.5. The maximum Gasteiger partial charge on any atom is 0.253 e. The molecule has 0 aliphatic heterocycles. The monoisotopic (exact) mass is 469 g/mol. The van der Waals surface area contributed by atoms with Crippen LogP contribution in [0.15, 0.2) is 23.4 Å². The van der Waals surface area contributed by atoms with Crippen LogP contribution in [0.3, 0.4) is 0 Å². The van der Waals surface area contributed by atoms with Gasteiger partial charge in [-0.1, -0.05) is 41.0 Å². The van der Waals surface area contributed by atoms with Crippen molar-refractivity contribution in [2.45, 2.75) is 31.5 Å². The first kappa shape index (κ1) is 22.6. The minimum absolute atomic E-state index is 0.0325. The first-order valence-corrected chi connectivity index (χ1v) is 11.1. The lowest BCUT2D eigenvalue weighted by Gasteiger charge is -2.15. The van der Waals surface area contributed by atoms with Crippen LogP contribution in [-0.4, -0.2) is 56.1 Å². The van der Waals surface area contributed by atoms with Gasteiger partial charge in [0.25, 0.3) is 5.78 Å². The number of amides is 1. The fourth-order valence-corrected chi connectivity index (χ4v) is 3.51. The number of aromatic nitrogens is 4. The SMILES string of the molecule is CSc1nc2nc(C)c(CC(=O)NCC(O)COc3cccc(Cl)c3Cl)c(C)n2n1. The Morgan fingerprint density at radius 1 is 1.33 bits per heavy atom. The van der Waals surface area contributed by atoms with E-state index in [2.05, 4.69) is 20.4 Å². The predicted molar refractivity (Wildman–Crippen MR) is 117 cm³/mol. The number of hydrogen-bond acceptors (Lipinski definition) is 7. The van der Waals surface area contributed by atoms with Crippen molar-refractivity contribution in [3.8, 4) is 5.75 Å². The Bertz CT molecular complexity index is 1080. The average Bonchev–Trinajstić information content (AvgIpc) is 3.14. The fraction of sp³-hybridized carbons (Fsp3) is 0.368. The third-order valence-electron chi connectivity index (χ3n) is 4.43. The summed E-state index contributed by atoms with van der Waals surface area (Å²) in [6, 6.07) is 5.00.